The van der Waals surface area contributed by atoms with Gasteiger partial charge < -0.3 is 5.11 Å². The van der Waals surface area contributed by atoms with Gasteiger partial charge in [0.2, 0.25) is 0 Å². The molecule has 0 saturated heterocycles. The summed E-state index contributed by atoms with van der Waals surface area (Å²) in [5.74, 6) is 0. The van der Waals surface area contributed by atoms with Gasteiger partial charge in [-0.1, -0.05) is 23.8 Å². The summed E-state index contributed by atoms with van der Waals surface area (Å²) in [7, 11) is 0. The van der Waals surface area contributed by atoms with Crippen molar-refractivity contribution in [2.45, 2.75) is 26.9 Å². The van der Waals surface area contributed by atoms with Crippen LogP contribution < -0.4 is 0 Å². The van der Waals surface area contributed by atoms with Crippen LogP contribution in [0.3, 0.4) is 0 Å². The van der Waals surface area contributed by atoms with Gasteiger partial charge in [0.1, 0.15) is 0 Å². The predicted molar refractivity (Wildman–Crippen MR) is 40.3 cm³/mol. The molecule has 0 aromatic heterocycles. The fourth-order valence-corrected chi connectivity index (χ4v) is 0.594. The molecule has 1 unspecified atom stereocenters. The third-order valence-electron chi connectivity index (χ3n) is 0.894. The van der Waals surface area contributed by atoms with Gasteiger partial charge >= 0.3 is 0 Å². The molecule has 0 heterocycles. The molecule has 0 bridgehead atoms. The van der Waals surface area contributed by atoms with Crippen LogP contribution in [0.5, 0.6) is 0 Å². The van der Waals surface area contributed by atoms with Crippen LogP contribution in [0.4, 0.5) is 0 Å². The number of hydrogen-bond acceptors (Lipinski definition) is 1. The minimum atomic E-state index is -0.403. The second kappa shape index (κ2) is 4.33. The highest BCUT2D eigenvalue weighted by atomic mass is 16.3. The van der Waals surface area contributed by atoms with E-state index in [2.05, 4.69) is 0 Å². The maximum atomic E-state index is 9.06. The number of rotatable bonds is 2. The minimum Gasteiger partial charge on any atom is -0.385 e. The molecular weight excluding hydrogens is 112 g/mol. The summed E-state index contributed by atoms with van der Waals surface area (Å²) in [6, 6.07) is 0. The van der Waals surface area contributed by atoms with E-state index in [0.29, 0.717) is 0 Å². The quantitative estimate of drug-likeness (QED) is 0.560. The first-order valence-electron chi connectivity index (χ1n) is 3.12. The van der Waals surface area contributed by atoms with Gasteiger partial charge in [-0.05, 0) is 20.8 Å². The van der Waals surface area contributed by atoms with E-state index < -0.39 is 6.10 Å². The first-order chi connectivity index (χ1) is 4.16. The molecule has 0 rings (SSSR count). The van der Waals surface area contributed by atoms with Gasteiger partial charge in [-0.15, -0.1) is 0 Å². The van der Waals surface area contributed by atoms with Crippen molar-refractivity contribution in [2.75, 3.05) is 0 Å². The normalized spacial score (nSPS) is 13.8. The molecule has 0 radical (unpaired) electrons. The van der Waals surface area contributed by atoms with E-state index in [-0.39, 0.29) is 0 Å². The molecule has 0 amide bonds. The van der Waals surface area contributed by atoms with Gasteiger partial charge in [0.25, 0.3) is 0 Å². The summed E-state index contributed by atoms with van der Waals surface area (Å²) in [5, 5.41) is 9.06. The van der Waals surface area contributed by atoms with E-state index >= 15 is 0 Å². The molecule has 0 fully saturated rings. The van der Waals surface area contributed by atoms with Gasteiger partial charge in [-0.2, -0.15) is 0 Å². The maximum absolute atomic E-state index is 9.06. The summed E-state index contributed by atoms with van der Waals surface area (Å²) < 4.78 is 0. The van der Waals surface area contributed by atoms with E-state index in [1.165, 1.54) is 0 Å². The van der Waals surface area contributed by atoms with Gasteiger partial charge in [-0.25, -0.2) is 0 Å². The highest BCUT2D eigenvalue weighted by molar-refractivity contribution is 5.05. The van der Waals surface area contributed by atoms with E-state index in [4.69, 9.17) is 5.11 Å². The van der Waals surface area contributed by atoms with Crippen molar-refractivity contribution in [2.24, 2.45) is 0 Å². The van der Waals surface area contributed by atoms with Crippen molar-refractivity contribution in [1.29, 1.82) is 0 Å². The summed E-state index contributed by atoms with van der Waals surface area (Å²) in [6.45, 7) is 5.82. The van der Waals surface area contributed by atoms with Gasteiger partial charge in [0.15, 0.2) is 0 Å². The zero-order valence-corrected chi connectivity index (χ0v) is 6.26. The largest absolute Gasteiger partial charge is 0.385 e. The Kier molecular flexibility index (Phi) is 4.06. The fourth-order valence-electron chi connectivity index (χ4n) is 0.594. The summed E-state index contributed by atoms with van der Waals surface area (Å²) in [4.78, 5) is 0. The lowest BCUT2D eigenvalue weighted by Gasteiger charge is -1.96. The van der Waals surface area contributed by atoms with Crippen molar-refractivity contribution in [1.82, 2.24) is 0 Å². The molecule has 0 aliphatic heterocycles. The van der Waals surface area contributed by atoms with Crippen LogP contribution >= 0.6 is 0 Å². The summed E-state index contributed by atoms with van der Waals surface area (Å²) >= 11 is 0. The summed E-state index contributed by atoms with van der Waals surface area (Å²) in [5.41, 5.74) is 1.14. The van der Waals surface area contributed by atoms with Crippen LogP contribution in [0.1, 0.15) is 20.8 Å². The smallest absolute Gasteiger partial charge is 0.0904 e. The number of hydrogen-bond donors (Lipinski definition) is 1. The molecule has 0 spiro atoms. The number of aliphatic hydroxyl groups is 1. The number of allylic oxidation sites excluding steroid dienone is 2. The highest BCUT2D eigenvalue weighted by Gasteiger charge is 1.88. The molecule has 0 aromatic carbocycles. The molecule has 0 aliphatic rings. The van der Waals surface area contributed by atoms with Crippen LogP contribution in [0.2, 0.25) is 0 Å². The molecule has 1 N–H and O–H groups in total. The van der Waals surface area contributed by atoms with Crippen molar-refractivity contribution in [3.05, 3.63) is 23.8 Å². The lowest BCUT2D eigenvalue weighted by atomic mass is 10.2. The van der Waals surface area contributed by atoms with E-state index in [0.717, 1.165) is 5.57 Å². The maximum Gasteiger partial charge on any atom is 0.0904 e. The van der Waals surface area contributed by atoms with E-state index in [1.54, 1.807) is 12.2 Å². The molecule has 1 nitrogen and oxygen atoms in total. The van der Waals surface area contributed by atoms with Crippen LogP contribution in [0.25, 0.3) is 0 Å². The minimum absolute atomic E-state index is 0.403. The predicted octanol–water partition coefficient (Wildman–Crippen LogP) is 1.89. The zero-order valence-electron chi connectivity index (χ0n) is 6.26. The van der Waals surface area contributed by atoms with Crippen LogP contribution in [0.15, 0.2) is 23.8 Å². The van der Waals surface area contributed by atoms with Crippen molar-refractivity contribution < 1.29 is 5.11 Å². The zero-order chi connectivity index (χ0) is 7.28. The van der Waals surface area contributed by atoms with E-state index in [9.17, 15) is 0 Å². The van der Waals surface area contributed by atoms with Gasteiger partial charge in [0, 0.05) is 0 Å². The Bertz CT molecular complexity index is 119. The monoisotopic (exact) mass is 126 g/mol. The molecule has 1 atom stereocenters. The molecule has 52 valence electrons. The van der Waals surface area contributed by atoms with Gasteiger partial charge in [0.05, 0.1) is 6.10 Å². The van der Waals surface area contributed by atoms with Crippen molar-refractivity contribution in [3.63, 3.8) is 0 Å². The molecule has 1 heteroatoms. The second-order valence-corrected chi connectivity index (χ2v) is 2.26. The van der Waals surface area contributed by atoms with E-state index in [1.807, 2.05) is 26.8 Å². The SMILES string of the molecule is CC=CC(O)C=C(C)C. The molecule has 0 saturated carbocycles. The lowest BCUT2D eigenvalue weighted by molar-refractivity contribution is 0.270. The average Bonchev–Trinajstić information content (AvgIpc) is 1.63. The third kappa shape index (κ3) is 5.31. The van der Waals surface area contributed by atoms with Gasteiger partial charge in [-0.3, -0.25) is 0 Å². The molecular formula is C8H14O. The summed E-state index contributed by atoms with van der Waals surface area (Å²) in [6.07, 6.45) is 4.98. The van der Waals surface area contributed by atoms with Crippen LogP contribution in [-0.2, 0) is 0 Å². The van der Waals surface area contributed by atoms with Crippen LogP contribution in [-0.4, -0.2) is 11.2 Å². The third-order valence-corrected chi connectivity index (χ3v) is 0.894. The lowest BCUT2D eigenvalue weighted by Crippen LogP contribution is -1.95. The Morgan fingerprint density at radius 1 is 1.44 bits per heavy atom. The Hall–Kier alpha value is -0.560. The van der Waals surface area contributed by atoms with Crippen molar-refractivity contribution >= 4 is 0 Å². The second-order valence-electron chi connectivity index (χ2n) is 2.26. The molecule has 0 aliphatic carbocycles. The van der Waals surface area contributed by atoms with Crippen LogP contribution in [0, 0.1) is 0 Å². The Morgan fingerprint density at radius 3 is 2.33 bits per heavy atom. The Morgan fingerprint density at radius 2 is 2.00 bits per heavy atom. The Labute approximate surface area is 56.7 Å². The fraction of sp³-hybridized carbons (Fsp3) is 0.500. The van der Waals surface area contributed by atoms with Crippen molar-refractivity contribution in [3.8, 4) is 0 Å². The average molecular weight is 126 g/mol. The molecule has 9 heavy (non-hydrogen) atoms. The standard InChI is InChI=1S/C8H14O/c1-4-5-8(9)6-7(2)3/h4-6,8-9H,1-3H3. The Balaban J connectivity index is 3.76. The molecule has 0 aromatic rings. The number of aliphatic hydroxyl groups excluding tert-OH is 1. The first-order valence-corrected chi connectivity index (χ1v) is 3.12. The topological polar surface area (TPSA) is 20.2 Å². The highest BCUT2D eigenvalue weighted by Crippen LogP contribution is 1.94. The first kappa shape index (κ1) is 8.44.